The Morgan fingerprint density at radius 2 is 1.68 bits per heavy atom. The van der Waals surface area contributed by atoms with Gasteiger partial charge in [-0.3, -0.25) is 9.59 Å². The summed E-state index contributed by atoms with van der Waals surface area (Å²) in [6, 6.07) is 14.2. The molecule has 2 aromatic rings. The molecule has 31 heavy (non-hydrogen) atoms. The summed E-state index contributed by atoms with van der Waals surface area (Å²) < 4.78 is 25.4. The first-order valence-corrected chi connectivity index (χ1v) is 12.5. The first-order valence-electron chi connectivity index (χ1n) is 10.9. The lowest BCUT2D eigenvalue weighted by Crippen LogP contribution is -2.28. The van der Waals surface area contributed by atoms with Gasteiger partial charge in [-0.05, 0) is 61.2 Å². The van der Waals surface area contributed by atoms with E-state index in [1.807, 2.05) is 24.3 Å². The van der Waals surface area contributed by atoms with Crippen molar-refractivity contribution < 1.29 is 18.0 Å². The topological polar surface area (TPSA) is 83.6 Å². The maximum Gasteiger partial charge on any atom is 0.229 e. The smallest absolute Gasteiger partial charge is 0.229 e. The number of carbonyl (C=O) groups is 2. The van der Waals surface area contributed by atoms with Crippen molar-refractivity contribution in [3.05, 3.63) is 54.1 Å². The molecule has 1 heterocycles. The number of rotatable bonds is 6. The summed E-state index contributed by atoms with van der Waals surface area (Å²) in [5, 5.41) is 2.53. The summed E-state index contributed by atoms with van der Waals surface area (Å²) in [6.07, 6.45) is 4.44. The Labute approximate surface area is 183 Å². The highest BCUT2D eigenvalue weighted by atomic mass is 32.2. The Bertz CT molecular complexity index is 1060. The minimum absolute atomic E-state index is 0.0672. The normalized spacial score (nSPS) is 19.7. The van der Waals surface area contributed by atoms with Crippen LogP contribution in [0.1, 0.15) is 44.6 Å². The Balaban J connectivity index is 1.39. The van der Waals surface area contributed by atoms with Gasteiger partial charge in [-0.25, -0.2) is 8.42 Å². The zero-order valence-electron chi connectivity index (χ0n) is 17.7. The summed E-state index contributed by atoms with van der Waals surface area (Å²) in [6.45, 7) is 2.41. The van der Waals surface area contributed by atoms with Gasteiger partial charge in [0.15, 0.2) is 9.84 Å². The molecule has 1 N–H and O–H groups in total. The second-order valence-electron chi connectivity index (χ2n) is 8.39. The zero-order valence-corrected chi connectivity index (χ0v) is 18.5. The first-order chi connectivity index (χ1) is 14.9. The molecule has 4 rings (SSSR count). The van der Waals surface area contributed by atoms with Crippen molar-refractivity contribution in [2.75, 3.05) is 16.8 Å². The van der Waals surface area contributed by atoms with E-state index in [0.717, 1.165) is 24.9 Å². The van der Waals surface area contributed by atoms with Gasteiger partial charge >= 0.3 is 0 Å². The van der Waals surface area contributed by atoms with Gasteiger partial charge in [-0.1, -0.05) is 31.9 Å². The van der Waals surface area contributed by atoms with Crippen LogP contribution in [0, 0.1) is 5.92 Å². The van der Waals surface area contributed by atoms with Crippen LogP contribution in [-0.2, 0) is 25.8 Å². The Morgan fingerprint density at radius 3 is 2.29 bits per heavy atom. The Kier molecular flexibility index (Phi) is 6.14. The number of nitrogens with zero attached hydrogens (tertiary/aromatic N) is 1. The van der Waals surface area contributed by atoms with E-state index in [9.17, 15) is 18.0 Å². The molecule has 2 fully saturated rings. The van der Waals surface area contributed by atoms with Gasteiger partial charge < -0.3 is 10.2 Å². The van der Waals surface area contributed by atoms with Crippen LogP contribution in [0.3, 0.4) is 0 Å². The van der Waals surface area contributed by atoms with E-state index in [4.69, 9.17) is 0 Å². The number of anilines is 2. The number of hydrogen-bond acceptors (Lipinski definition) is 4. The van der Waals surface area contributed by atoms with Crippen molar-refractivity contribution in [2.24, 2.45) is 5.92 Å². The summed E-state index contributed by atoms with van der Waals surface area (Å²) in [5.74, 6) is -0.741. The molecule has 1 saturated carbocycles. The molecule has 1 saturated heterocycles. The second kappa shape index (κ2) is 8.83. The van der Waals surface area contributed by atoms with E-state index in [1.165, 1.54) is 5.56 Å². The van der Waals surface area contributed by atoms with Crippen molar-refractivity contribution in [3.8, 4) is 0 Å². The minimum Gasteiger partial charge on any atom is -0.326 e. The second-order valence-corrected chi connectivity index (χ2v) is 10.6. The molecular weight excluding hydrogens is 412 g/mol. The van der Waals surface area contributed by atoms with Crippen molar-refractivity contribution >= 4 is 33.0 Å². The number of nitrogens with one attached hydrogen (secondary N) is 1. The number of carbonyl (C=O) groups excluding carboxylic acids is 2. The van der Waals surface area contributed by atoms with Crippen molar-refractivity contribution in [3.63, 3.8) is 0 Å². The van der Waals surface area contributed by atoms with Gasteiger partial charge in [0.2, 0.25) is 11.8 Å². The van der Waals surface area contributed by atoms with E-state index in [-0.39, 0.29) is 23.5 Å². The fourth-order valence-corrected chi connectivity index (χ4v) is 6.26. The fourth-order valence-electron chi connectivity index (χ4n) is 4.41. The van der Waals surface area contributed by atoms with Gasteiger partial charge in [-0.2, -0.15) is 0 Å². The Morgan fingerprint density at radius 1 is 1.03 bits per heavy atom. The Hall–Kier alpha value is -2.67. The lowest BCUT2D eigenvalue weighted by atomic mass is 10.1. The number of benzene rings is 2. The maximum atomic E-state index is 12.7. The molecule has 2 aromatic carbocycles. The van der Waals surface area contributed by atoms with Gasteiger partial charge in [0.05, 0.1) is 16.1 Å². The van der Waals surface area contributed by atoms with Crippen LogP contribution in [0.15, 0.2) is 53.4 Å². The molecule has 0 radical (unpaired) electrons. The SMILES string of the molecule is CCc1ccc(N2CC(C(=O)Nc3ccc(S(=O)(=O)C4CCCC4)cc3)CC2=O)cc1. The lowest BCUT2D eigenvalue weighted by Gasteiger charge is -2.17. The standard InChI is InChI=1S/C24H28N2O4S/c1-2-17-7-11-20(12-8-17)26-16-18(15-23(26)27)24(28)25-19-9-13-22(14-10-19)31(29,30)21-5-3-4-6-21/h7-14,18,21H,2-6,15-16H2,1H3,(H,25,28). The lowest BCUT2D eigenvalue weighted by molar-refractivity contribution is -0.122. The third kappa shape index (κ3) is 4.51. The molecule has 6 nitrogen and oxygen atoms in total. The number of amides is 2. The molecule has 7 heteroatoms. The summed E-state index contributed by atoms with van der Waals surface area (Å²) in [7, 11) is -3.31. The predicted molar refractivity (Wildman–Crippen MR) is 121 cm³/mol. The van der Waals surface area contributed by atoms with Crippen LogP contribution >= 0.6 is 0 Å². The van der Waals surface area contributed by atoms with Crippen LogP contribution in [0.25, 0.3) is 0 Å². The molecule has 0 spiro atoms. The quantitative estimate of drug-likeness (QED) is 0.737. The van der Waals surface area contributed by atoms with E-state index < -0.39 is 15.8 Å². The summed E-state index contributed by atoms with van der Waals surface area (Å²) >= 11 is 0. The molecule has 1 unspecified atom stereocenters. The average Bonchev–Trinajstić information content (AvgIpc) is 3.45. The van der Waals surface area contributed by atoms with Gasteiger partial charge in [0, 0.05) is 24.3 Å². The van der Waals surface area contributed by atoms with E-state index in [1.54, 1.807) is 29.2 Å². The zero-order chi connectivity index (χ0) is 22.0. The molecule has 164 valence electrons. The van der Waals surface area contributed by atoms with Crippen LogP contribution in [-0.4, -0.2) is 32.0 Å². The number of aryl methyl sites for hydroxylation is 1. The minimum atomic E-state index is -3.31. The van der Waals surface area contributed by atoms with Crippen molar-refractivity contribution in [2.45, 2.75) is 55.6 Å². The van der Waals surface area contributed by atoms with Crippen LogP contribution < -0.4 is 10.2 Å². The molecule has 0 bridgehead atoms. The monoisotopic (exact) mass is 440 g/mol. The highest BCUT2D eigenvalue weighted by Crippen LogP contribution is 2.30. The molecule has 2 amide bonds. The summed E-state index contributed by atoms with van der Waals surface area (Å²) in [5.41, 5.74) is 2.54. The highest BCUT2D eigenvalue weighted by molar-refractivity contribution is 7.92. The fraction of sp³-hybridized carbons (Fsp3) is 0.417. The molecule has 0 aromatic heterocycles. The van der Waals surface area contributed by atoms with Gasteiger partial charge in [0.25, 0.3) is 0 Å². The van der Waals surface area contributed by atoms with Crippen LogP contribution in [0.4, 0.5) is 11.4 Å². The predicted octanol–water partition coefficient (Wildman–Crippen LogP) is 3.96. The number of sulfone groups is 1. The molecule has 2 aliphatic rings. The molecular formula is C24H28N2O4S. The first kappa shape index (κ1) is 21.6. The number of hydrogen-bond donors (Lipinski definition) is 1. The molecule has 1 aliphatic carbocycles. The van der Waals surface area contributed by atoms with E-state index >= 15 is 0 Å². The third-order valence-corrected chi connectivity index (χ3v) is 8.62. The maximum absolute atomic E-state index is 12.7. The van der Waals surface area contributed by atoms with Crippen LogP contribution in [0.2, 0.25) is 0 Å². The highest BCUT2D eigenvalue weighted by Gasteiger charge is 2.35. The summed E-state index contributed by atoms with van der Waals surface area (Å²) in [4.78, 5) is 27.1. The van der Waals surface area contributed by atoms with Crippen molar-refractivity contribution in [1.29, 1.82) is 0 Å². The van der Waals surface area contributed by atoms with E-state index in [2.05, 4.69) is 12.2 Å². The van der Waals surface area contributed by atoms with Gasteiger partial charge in [0.1, 0.15) is 0 Å². The molecule has 1 aliphatic heterocycles. The van der Waals surface area contributed by atoms with Gasteiger partial charge in [-0.15, -0.1) is 0 Å². The largest absolute Gasteiger partial charge is 0.326 e. The average molecular weight is 441 g/mol. The molecule has 1 atom stereocenters. The van der Waals surface area contributed by atoms with Crippen molar-refractivity contribution in [1.82, 2.24) is 0 Å². The van der Waals surface area contributed by atoms with Crippen LogP contribution in [0.5, 0.6) is 0 Å². The third-order valence-electron chi connectivity index (χ3n) is 6.34. The van der Waals surface area contributed by atoms with E-state index in [0.29, 0.717) is 30.0 Å².